The van der Waals surface area contributed by atoms with Crippen molar-refractivity contribution in [1.29, 1.82) is 0 Å². The molecule has 0 saturated heterocycles. The number of allylic oxidation sites excluding steroid dienone is 1. The van der Waals surface area contributed by atoms with Gasteiger partial charge in [-0.1, -0.05) is 6.08 Å². The number of hydrogen-bond acceptors (Lipinski definition) is 2. The highest BCUT2D eigenvalue weighted by atomic mass is 19.1. The molecule has 0 aromatic heterocycles. The molecule has 0 heterocycles. The normalized spacial score (nSPS) is 12.5. The molecule has 16 heavy (non-hydrogen) atoms. The second-order valence-electron chi connectivity index (χ2n) is 3.37. The Kier molecular flexibility index (Phi) is 4.52. The molecule has 0 fully saturated rings. The highest BCUT2D eigenvalue weighted by Crippen LogP contribution is 2.24. The van der Waals surface area contributed by atoms with E-state index in [9.17, 15) is 13.2 Å². The van der Waals surface area contributed by atoms with Crippen LogP contribution >= 0.6 is 0 Å². The van der Waals surface area contributed by atoms with Gasteiger partial charge >= 0.3 is 0 Å². The number of rotatable bonds is 5. The summed E-state index contributed by atoms with van der Waals surface area (Å²) in [5, 5.41) is 0. The van der Waals surface area contributed by atoms with Crippen molar-refractivity contribution < 1.29 is 13.2 Å². The zero-order chi connectivity index (χ0) is 12.1. The van der Waals surface area contributed by atoms with Crippen LogP contribution < -0.4 is 11.3 Å². The van der Waals surface area contributed by atoms with Crippen molar-refractivity contribution in [1.82, 2.24) is 5.43 Å². The summed E-state index contributed by atoms with van der Waals surface area (Å²) in [5.41, 5.74) is 2.06. The smallest absolute Gasteiger partial charge is 0.133 e. The van der Waals surface area contributed by atoms with Crippen molar-refractivity contribution in [2.45, 2.75) is 18.9 Å². The van der Waals surface area contributed by atoms with Crippen LogP contribution in [-0.4, -0.2) is 0 Å². The summed E-state index contributed by atoms with van der Waals surface area (Å²) in [6.45, 7) is 3.50. The Morgan fingerprint density at radius 3 is 2.31 bits per heavy atom. The molecular formula is C11H13F3N2. The Morgan fingerprint density at radius 2 is 1.88 bits per heavy atom. The van der Waals surface area contributed by atoms with E-state index >= 15 is 0 Å². The predicted molar refractivity (Wildman–Crippen MR) is 55.8 cm³/mol. The van der Waals surface area contributed by atoms with Gasteiger partial charge in [-0.05, 0) is 12.8 Å². The first-order valence-electron chi connectivity index (χ1n) is 4.81. The fourth-order valence-electron chi connectivity index (χ4n) is 1.48. The van der Waals surface area contributed by atoms with Crippen LogP contribution in [0.1, 0.15) is 24.4 Å². The molecule has 0 radical (unpaired) electrons. The quantitative estimate of drug-likeness (QED) is 0.463. The van der Waals surface area contributed by atoms with Crippen LogP contribution in [0, 0.1) is 17.5 Å². The maximum absolute atomic E-state index is 13.4. The molecule has 0 aliphatic heterocycles. The summed E-state index contributed by atoms with van der Waals surface area (Å²) in [6, 6.07) is 0.575. The van der Waals surface area contributed by atoms with Crippen molar-refractivity contribution in [3.63, 3.8) is 0 Å². The molecule has 1 aromatic carbocycles. The second-order valence-corrected chi connectivity index (χ2v) is 3.37. The van der Waals surface area contributed by atoms with Gasteiger partial charge in [-0.15, -0.1) is 6.58 Å². The van der Waals surface area contributed by atoms with Crippen LogP contribution in [0.4, 0.5) is 13.2 Å². The van der Waals surface area contributed by atoms with Crippen LogP contribution in [0.3, 0.4) is 0 Å². The van der Waals surface area contributed by atoms with E-state index in [2.05, 4.69) is 12.0 Å². The Bertz CT molecular complexity index is 356. The van der Waals surface area contributed by atoms with E-state index in [1.807, 2.05) is 0 Å². The lowest BCUT2D eigenvalue weighted by molar-refractivity contribution is 0.448. The molecule has 0 saturated carbocycles. The van der Waals surface area contributed by atoms with Crippen molar-refractivity contribution in [2.75, 3.05) is 0 Å². The molecule has 1 atom stereocenters. The van der Waals surface area contributed by atoms with Crippen LogP contribution in [0.25, 0.3) is 0 Å². The van der Waals surface area contributed by atoms with E-state index in [-0.39, 0.29) is 5.56 Å². The van der Waals surface area contributed by atoms with Gasteiger partial charge in [0.2, 0.25) is 0 Å². The summed E-state index contributed by atoms with van der Waals surface area (Å²) in [5.74, 6) is 2.38. The number of halogens is 3. The minimum atomic E-state index is -0.946. The first-order valence-corrected chi connectivity index (χ1v) is 4.81. The maximum Gasteiger partial charge on any atom is 0.133 e. The van der Waals surface area contributed by atoms with Crippen molar-refractivity contribution in [3.8, 4) is 0 Å². The number of hydrazine groups is 1. The molecule has 0 aliphatic carbocycles. The van der Waals surface area contributed by atoms with Crippen LogP contribution in [0.2, 0.25) is 0 Å². The summed E-state index contributed by atoms with van der Waals surface area (Å²) in [7, 11) is 0. The van der Waals surface area contributed by atoms with Crippen molar-refractivity contribution in [2.24, 2.45) is 5.84 Å². The molecule has 0 bridgehead atoms. The average molecular weight is 230 g/mol. The van der Waals surface area contributed by atoms with E-state index in [1.54, 1.807) is 6.08 Å². The topological polar surface area (TPSA) is 38.0 Å². The summed E-state index contributed by atoms with van der Waals surface area (Å²) >= 11 is 0. The van der Waals surface area contributed by atoms with Crippen LogP contribution in [0.15, 0.2) is 24.8 Å². The summed E-state index contributed by atoms with van der Waals surface area (Å²) in [4.78, 5) is 0. The predicted octanol–water partition coefficient (Wildman–Crippen LogP) is 2.57. The molecule has 0 amide bonds. The van der Waals surface area contributed by atoms with E-state index in [1.165, 1.54) is 0 Å². The largest absolute Gasteiger partial charge is 0.271 e. The third-order valence-corrected chi connectivity index (χ3v) is 2.25. The van der Waals surface area contributed by atoms with Gasteiger partial charge in [0, 0.05) is 17.7 Å². The number of hydrogen-bond donors (Lipinski definition) is 2. The lowest BCUT2D eigenvalue weighted by atomic mass is 10.0. The molecule has 88 valence electrons. The first kappa shape index (κ1) is 12.7. The zero-order valence-corrected chi connectivity index (χ0v) is 8.64. The molecule has 0 aliphatic rings. The number of nitrogens with two attached hydrogens (primary N) is 1. The van der Waals surface area contributed by atoms with Gasteiger partial charge in [-0.3, -0.25) is 11.3 Å². The number of benzene rings is 1. The summed E-state index contributed by atoms with van der Waals surface area (Å²) < 4.78 is 39.4. The maximum atomic E-state index is 13.4. The van der Waals surface area contributed by atoms with Gasteiger partial charge in [0.25, 0.3) is 0 Å². The highest BCUT2D eigenvalue weighted by molar-refractivity contribution is 5.24. The molecule has 5 heteroatoms. The van der Waals surface area contributed by atoms with E-state index in [0.717, 1.165) is 0 Å². The number of nitrogens with one attached hydrogen (secondary N) is 1. The zero-order valence-electron chi connectivity index (χ0n) is 8.64. The minimum absolute atomic E-state index is 0.245. The lowest BCUT2D eigenvalue weighted by Gasteiger charge is -2.16. The highest BCUT2D eigenvalue weighted by Gasteiger charge is 2.19. The molecule has 1 unspecified atom stereocenters. The molecule has 1 aromatic rings. The monoisotopic (exact) mass is 230 g/mol. The standard InChI is InChI=1S/C11H13F3N2/c1-2-3-4-10(16-15)11-8(13)5-7(12)6-9(11)14/h2,5-6,10,16H,1,3-4,15H2. The van der Waals surface area contributed by atoms with Gasteiger partial charge in [-0.2, -0.15) is 0 Å². The third kappa shape index (κ3) is 2.84. The Balaban J connectivity index is 3.04. The lowest BCUT2D eigenvalue weighted by Crippen LogP contribution is -2.29. The van der Waals surface area contributed by atoms with Crippen molar-refractivity contribution >= 4 is 0 Å². The van der Waals surface area contributed by atoms with Gasteiger partial charge in [-0.25, -0.2) is 13.2 Å². The molecule has 1 rings (SSSR count). The van der Waals surface area contributed by atoms with Crippen LogP contribution in [0.5, 0.6) is 0 Å². The Hall–Kier alpha value is -1.33. The van der Waals surface area contributed by atoms with E-state index < -0.39 is 23.5 Å². The second kappa shape index (κ2) is 5.67. The first-order chi connectivity index (χ1) is 7.60. The SMILES string of the molecule is C=CCCC(NN)c1c(F)cc(F)cc1F. The fraction of sp³-hybridized carbons (Fsp3) is 0.273. The van der Waals surface area contributed by atoms with Crippen molar-refractivity contribution in [3.05, 3.63) is 47.8 Å². The average Bonchev–Trinajstić information content (AvgIpc) is 2.21. The van der Waals surface area contributed by atoms with Gasteiger partial charge < -0.3 is 0 Å². The molecular weight excluding hydrogens is 217 g/mol. The summed E-state index contributed by atoms with van der Waals surface area (Å²) in [6.07, 6.45) is 2.55. The van der Waals surface area contributed by atoms with E-state index in [0.29, 0.717) is 25.0 Å². The Labute approximate surface area is 91.9 Å². The van der Waals surface area contributed by atoms with Gasteiger partial charge in [0.1, 0.15) is 17.5 Å². The molecule has 2 nitrogen and oxygen atoms in total. The van der Waals surface area contributed by atoms with E-state index in [4.69, 9.17) is 5.84 Å². The molecule has 3 N–H and O–H groups in total. The van der Waals surface area contributed by atoms with Crippen LogP contribution in [-0.2, 0) is 0 Å². The molecule has 0 spiro atoms. The van der Waals surface area contributed by atoms with Gasteiger partial charge in [0.15, 0.2) is 0 Å². The fourth-order valence-corrected chi connectivity index (χ4v) is 1.48. The minimum Gasteiger partial charge on any atom is -0.271 e. The van der Waals surface area contributed by atoms with Gasteiger partial charge in [0.05, 0.1) is 6.04 Å². The Morgan fingerprint density at radius 1 is 1.31 bits per heavy atom. The third-order valence-electron chi connectivity index (χ3n) is 2.25.